The van der Waals surface area contributed by atoms with Gasteiger partial charge >= 0.3 is 11.9 Å². The highest BCUT2D eigenvalue weighted by Gasteiger charge is 2.15. The Morgan fingerprint density at radius 2 is 1.39 bits per heavy atom. The number of carbonyl (C=O) groups excluding carboxylic acids is 2. The third kappa shape index (κ3) is 3.48. The van der Waals surface area contributed by atoms with E-state index in [1.54, 1.807) is 18.2 Å². The molecule has 0 atom stereocenters. The normalized spacial score (nSPS) is 9.72. The lowest BCUT2D eigenvalue weighted by Crippen LogP contribution is -2.10. The number of hydrogen-bond acceptors (Lipinski definition) is 5. The predicted molar refractivity (Wildman–Crippen MR) is 64.4 cm³/mol. The molecule has 5 nitrogen and oxygen atoms in total. The van der Waals surface area contributed by atoms with Gasteiger partial charge in [-0.05, 0) is 0 Å². The van der Waals surface area contributed by atoms with E-state index >= 15 is 0 Å². The average Bonchev–Trinajstić information content (AvgIpc) is 2.38. The quantitative estimate of drug-likeness (QED) is 0.735. The Labute approximate surface area is 106 Å². The summed E-state index contributed by atoms with van der Waals surface area (Å²) in [7, 11) is 4.15. The van der Waals surface area contributed by atoms with Crippen LogP contribution in [0.4, 0.5) is 0 Å². The van der Waals surface area contributed by atoms with Gasteiger partial charge in [0, 0.05) is 11.1 Å². The second kappa shape index (κ2) is 6.64. The number of rotatable bonds is 5. The van der Waals surface area contributed by atoms with Crippen molar-refractivity contribution in [1.82, 2.24) is 0 Å². The molecule has 0 bridgehead atoms. The first-order chi connectivity index (χ1) is 8.62. The van der Waals surface area contributed by atoms with Gasteiger partial charge in [-0.3, -0.25) is 9.59 Å². The van der Waals surface area contributed by atoms with Crippen LogP contribution in [0, 0.1) is 0 Å². The van der Waals surface area contributed by atoms with E-state index in [9.17, 15) is 9.59 Å². The molecule has 0 spiro atoms. The van der Waals surface area contributed by atoms with Gasteiger partial charge in [0.25, 0.3) is 0 Å². The molecule has 0 heterocycles. The van der Waals surface area contributed by atoms with Gasteiger partial charge in [-0.25, -0.2) is 0 Å². The largest absolute Gasteiger partial charge is 0.496 e. The van der Waals surface area contributed by atoms with E-state index in [1.807, 2.05) is 0 Å². The molecule has 0 aliphatic rings. The number of para-hydroxylation sites is 1. The second-order valence-corrected chi connectivity index (χ2v) is 3.62. The summed E-state index contributed by atoms with van der Waals surface area (Å²) >= 11 is 0. The first kappa shape index (κ1) is 14.0. The van der Waals surface area contributed by atoms with Gasteiger partial charge in [0.15, 0.2) is 0 Å². The zero-order chi connectivity index (χ0) is 13.5. The molecule has 98 valence electrons. The first-order valence-corrected chi connectivity index (χ1v) is 5.40. The van der Waals surface area contributed by atoms with E-state index in [4.69, 9.17) is 4.74 Å². The van der Waals surface area contributed by atoms with Crippen molar-refractivity contribution in [3.63, 3.8) is 0 Å². The Morgan fingerprint density at radius 3 is 1.72 bits per heavy atom. The van der Waals surface area contributed by atoms with Crippen LogP contribution in [0.5, 0.6) is 5.75 Å². The van der Waals surface area contributed by atoms with Crippen molar-refractivity contribution in [2.24, 2.45) is 0 Å². The van der Waals surface area contributed by atoms with Crippen LogP contribution in [0.1, 0.15) is 11.1 Å². The minimum atomic E-state index is -0.358. The van der Waals surface area contributed by atoms with Crippen LogP contribution in [0.25, 0.3) is 0 Å². The summed E-state index contributed by atoms with van der Waals surface area (Å²) in [4.78, 5) is 22.5. The molecule has 0 N–H and O–H groups in total. The van der Waals surface area contributed by atoms with Crippen molar-refractivity contribution in [2.45, 2.75) is 12.8 Å². The predicted octanol–water partition coefficient (Wildman–Crippen LogP) is 1.13. The van der Waals surface area contributed by atoms with Gasteiger partial charge in [-0.2, -0.15) is 0 Å². The summed E-state index contributed by atoms with van der Waals surface area (Å²) in [6, 6.07) is 5.28. The molecule has 0 aromatic heterocycles. The minimum Gasteiger partial charge on any atom is -0.496 e. The fourth-order valence-corrected chi connectivity index (χ4v) is 1.63. The maximum Gasteiger partial charge on any atom is 0.310 e. The van der Waals surface area contributed by atoms with Gasteiger partial charge in [0.05, 0.1) is 34.2 Å². The van der Waals surface area contributed by atoms with Gasteiger partial charge in [0.2, 0.25) is 0 Å². The van der Waals surface area contributed by atoms with E-state index in [-0.39, 0.29) is 24.8 Å². The topological polar surface area (TPSA) is 61.8 Å². The summed E-state index contributed by atoms with van der Waals surface area (Å²) in [5.74, 6) is -0.194. The lowest BCUT2D eigenvalue weighted by molar-refractivity contribution is -0.140. The van der Waals surface area contributed by atoms with Crippen LogP contribution < -0.4 is 4.74 Å². The summed E-state index contributed by atoms with van der Waals surface area (Å²) in [5, 5.41) is 0. The van der Waals surface area contributed by atoms with E-state index in [0.717, 1.165) is 0 Å². The average molecular weight is 252 g/mol. The third-order valence-electron chi connectivity index (χ3n) is 2.51. The lowest BCUT2D eigenvalue weighted by Gasteiger charge is -2.12. The standard InChI is InChI=1S/C13H16O5/c1-16-11(14)7-9-5-4-6-10(13(9)18-3)8-12(15)17-2/h4-6H,7-8H2,1-3H3. The van der Waals surface area contributed by atoms with E-state index in [0.29, 0.717) is 16.9 Å². The smallest absolute Gasteiger partial charge is 0.310 e. The molecule has 1 aromatic carbocycles. The SMILES string of the molecule is COC(=O)Cc1cccc(CC(=O)OC)c1OC. The van der Waals surface area contributed by atoms with E-state index in [2.05, 4.69) is 9.47 Å². The fourth-order valence-electron chi connectivity index (χ4n) is 1.63. The van der Waals surface area contributed by atoms with Crippen LogP contribution in [-0.4, -0.2) is 33.3 Å². The fraction of sp³-hybridized carbons (Fsp3) is 0.385. The van der Waals surface area contributed by atoms with Crippen LogP contribution in [0.3, 0.4) is 0 Å². The molecule has 0 amide bonds. The Morgan fingerprint density at radius 1 is 0.944 bits per heavy atom. The Bertz CT molecular complexity index is 403. The summed E-state index contributed by atoms with van der Waals surface area (Å²) in [5.41, 5.74) is 1.37. The molecule has 0 unspecified atom stereocenters. The lowest BCUT2D eigenvalue weighted by atomic mass is 10.0. The highest BCUT2D eigenvalue weighted by molar-refractivity contribution is 5.76. The van der Waals surface area contributed by atoms with E-state index in [1.165, 1.54) is 21.3 Å². The number of methoxy groups -OCH3 is 3. The monoisotopic (exact) mass is 252 g/mol. The molecule has 1 aromatic rings. The van der Waals surface area contributed by atoms with Crippen LogP contribution >= 0.6 is 0 Å². The van der Waals surface area contributed by atoms with Crippen molar-refractivity contribution >= 4 is 11.9 Å². The second-order valence-electron chi connectivity index (χ2n) is 3.62. The molecule has 18 heavy (non-hydrogen) atoms. The molecular formula is C13H16O5. The molecule has 5 heteroatoms. The van der Waals surface area contributed by atoms with Crippen molar-refractivity contribution in [3.05, 3.63) is 29.3 Å². The number of ether oxygens (including phenoxy) is 3. The maximum atomic E-state index is 11.3. The number of benzene rings is 1. The minimum absolute atomic E-state index is 0.106. The highest BCUT2D eigenvalue weighted by Crippen LogP contribution is 2.25. The number of hydrogen-bond donors (Lipinski definition) is 0. The zero-order valence-electron chi connectivity index (χ0n) is 10.7. The first-order valence-electron chi connectivity index (χ1n) is 5.40. The molecule has 0 saturated heterocycles. The van der Waals surface area contributed by atoms with E-state index < -0.39 is 0 Å². The molecular weight excluding hydrogens is 236 g/mol. The van der Waals surface area contributed by atoms with Crippen molar-refractivity contribution < 1.29 is 23.8 Å². The van der Waals surface area contributed by atoms with Crippen LogP contribution in [-0.2, 0) is 31.9 Å². The summed E-state index contributed by atoms with van der Waals surface area (Å²) in [6.45, 7) is 0. The molecule has 0 aliphatic heterocycles. The molecule has 0 aliphatic carbocycles. The molecule has 1 rings (SSSR count). The molecule has 0 saturated carbocycles. The van der Waals surface area contributed by atoms with Crippen molar-refractivity contribution in [2.75, 3.05) is 21.3 Å². The maximum absolute atomic E-state index is 11.3. The van der Waals surface area contributed by atoms with Crippen molar-refractivity contribution in [1.29, 1.82) is 0 Å². The van der Waals surface area contributed by atoms with Gasteiger partial charge in [-0.15, -0.1) is 0 Å². The highest BCUT2D eigenvalue weighted by atomic mass is 16.5. The summed E-state index contributed by atoms with van der Waals surface area (Å²) in [6.07, 6.45) is 0.212. The number of esters is 2. The van der Waals surface area contributed by atoms with Gasteiger partial charge < -0.3 is 14.2 Å². The zero-order valence-corrected chi connectivity index (χ0v) is 10.7. The van der Waals surface area contributed by atoms with Gasteiger partial charge in [-0.1, -0.05) is 18.2 Å². The van der Waals surface area contributed by atoms with Crippen LogP contribution in [0.15, 0.2) is 18.2 Å². The Hall–Kier alpha value is -2.04. The van der Waals surface area contributed by atoms with Crippen molar-refractivity contribution in [3.8, 4) is 5.75 Å². The number of carbonyl (C=O) groups is 2. The van der Waals surface area contributed by atoms with Gasteiger partial charge in [0.1, 0.15) is 5.75 Å². The summed E-state index contributed by atoms with van der Waals surface area (Å²) < 4.78 is 14.5. The van der Waals surface area contributed by atoms with Crippen LogP contribution in [0.2, 0.25) is 0 Å². The third-order valence-corrected chi connectivity index (χ3v) is 2.51. The Balaban J connectivity index is 3.01. The molecule has 0 radical (unpaired) electrons. The Kier molecular flexibility index (Phi) is 5.17. The molecule has 0 fully saturated rings.